The molecule has 0 aliphatic heterocycles. The molecule has 0 atom stereocenters. The van der Waals surface area contributed by atoms with Crippen LogP contribution in [0.1, 0.15) is 52.9 Å². The van der Waals surface area contributed by atoms with Gasteiger partial charge in [0, 0.05) is 11.5 Å². The van der Waals surface area contributed by atoms with Crippen molar-refractivity contribution in [2.75, 3.05) is 0 Å². The summed E-state index contributed by atoms with van der Waals surface area (Å²) in [4.78, 5) is 0. The van der Waals surface area contributed by atoms with E-state index < -0.39 is 10.0 Å². The van der Waals surface area contributed by atoms with Crippen LogP contribution in [0.15, 0.2) is 5.16 Å². The van der Waals surface area contributed by atoms with Gasteiger partial charge in [0.1, 0.15) is 5.82 Å². The molecule has 0 radical (unpaired) electrons. The number of rotatable bonds is 4. The molecule has 0 amide bonds. The molecule has 98 valence electrons. The Kier molecular flexibility index (Phi) is 3.63. The Bertz CT molecular complexity index is 502. The van der Waals surface area contributed by atoms with Crippen molar-refractivity contribution in [2.24, 2.45) is 5.14 Å². The lowest BCUT2D eigenvalue weighted by Crippen LogP contribution is -2.26. The second-order valence-corrected chi connectivity index (χ2v) is 6.51. The molecule has 0 fully saturated rings. The van der Waals surface area contributed by atoms with Crippen LogP contribution in [-0.4, -0.2) is 23.2 Å². The third-order valence-corrected chi connectivity index (χ3v) is 3.71. The number of sulfonamides is 1. The smallest absolute Gasteiger partial charge is 0.273 e. The Morgan fingerprint density at radius 3 is 2.24 bits per heavy atom. The normalized spacial score (nSPS) is 13.4. The van der Waals surface area contributed by atoms with E-state index in [1.54, 1.807) is 4.57 Å². The van der Waals surface area contributed by atoms with E-state index in [0.717, 1.165) is 6.42 Å². The van der Waals surface area contributed by atoms with E-state index in [-0.39, 0.29) is 16.6 Å². The van der Waals surface area contributed by atoms with E-state index >= 15 is 0 Å². The molecule has 2 N–H and O–H groups in total. The van der Waals surface area contributed by atoms with Crippen molar-refractivity contribution in [1.82, 2.24) is 14.8 Å². The average molecular weight is 260 g/mol. The summed E-state index contributed by atoms with van der Waals surface area (Å²) in [5, 5.41) is 12.7. The Balaban J connectivity index is 3.52. The third kappa shape index (κ3) is 2.66. The van der Waals surface area contributed by atoms with Crippen LogP contribution in [0, 0.1) is 0 Å². The van der Waals surface area contributed by atoms with Crippen molar-refractivity contribution in [3.05, 3.63) is 5.82 Å². The van der Waals surface area contributed by atoms with Crippen molar-refractivity contribution in [3.63, 3.8) is 0 Å². The molecule has 1 rings (SSSR count). The summed E-state index contributed by atoms with van der Waals surface area (Å²) in [5.74, 6) is 0.652. The van der Waals surface area contributed by atoms with Crippen LogP contribution in [0.4, 0.5) is 0 Å². The molecule has 0 unspecified atom stereocenters. The summed E-state index contributed by atoms with van der Waals surface area (Å²) in [7, 11) is -3.84. The lowest BCUT2D eigenvalue weighted by Gasteiger charge is -2.24. The van der Waals surface area contributed by atoms with Crippen molar-refractivity contribution >= 4 is 10.0 Å². The van der Waals surface area contributed by atoms with Gasteiger partial charge in [-0.1, -0.05) is 20.8 Å². The standard InChI is InChI=1S/C10H20N4O2S/c1-6-10(4,5)8-12-13-9(17(11,15)16)14(8)7(2)3/h7H,6H2,1-5H3,(H2,11,15,16). The van der Waals surface area contributed by atoms with Crippen molar-refractivity contribution < 1.29 is 8.42 Å². The van der Waals surface area contributed by atoms with Gasteiger partial charge in [0.15, 0.2) is 0 Å². The first-order chi connectivity index (χ1) is 7.61. The quantitative estimate of drug-likeness (QED) is 0.880. The van der Waals surface area contributed by atoms with Crippen LogP contribution in [-0.2, 0) is 15.4 Å². The van der Waals surface area contributed by atoms with Crippen LogP contribution in [0.25, 0.3) is 0 Å². The maximum atomic E-state index is 11.4. The Morgan fingerprint density at radius 2 is 1.88 bits per heavy atom. The van der Waals surface area contributed by atoms with Gasteiger partial charge in [0.2, 0.25) is 0 Å². The molecule has 0 saturated heterocycles. The van der Waals surface area contributed by atoms with Crippen LogP contribution >= 0.6 is 0 Å². The maximum Gasteiger partial charge on any atom is 0.273 e. The largest absolute Gasteiger partial charge is 0.298 e. The highest BCUT2D eigenvalue weighted by atomic mass is 32.2. The highest BCUT2D eigenvalue weighted by Gasteiger charge is 2.31. The summed E-state index contributed by atoms with van der Waals surface area (Å²) in [5.41, 5.74) is -0.236. The Labute approximate surface area is 102 Å². The van der Waals surface area contributed by atoms with Crippen LogP contribution in [0.3, 0.4) is 0 Å². The fourth-order valence-corrected chi connectivity index (χ4v) is 2.28. The number of nitrogens with two attached hydrogens (primary N) is 1. The van der Waals surface area contributed by atoms with E-state index in [0.29, 0.717) is 5.82 Å². The molecule has 1 aromatic rings. The average Bonchev–Trinajstić information content (AvgIpc) is 2.61. The van der Waals surface area contributed by atoms with Crippen molar-refractivity contribution in [1.29, 1.82) is 0 Å². The number of nitrogens with zero attached hydrogens (tertiary/aromatic N) is 3. The highest BCUT2D eigenvalue weighted by Crippen LogP contribution is 2.28. The molecule has 6 nitrogen and oxygen atoms in total. The molecule has 0 aromatic carbocycles. The summed E-state index contributed by atoms with van der Waals surface area (Å²) < 4.78 is 24.5. The minimum atomic E-state index is -3.84. The Morgan fingerprint density at radius 1 is 1.35 bits per heavy atom. The van der Waals surface area contributed by atoms with E-state index in [1.165, 1.54) is 0 Å². The maximum absolute atomic E-state index is 11.4. The van der Waals surface area contributed by atoms with Gasteiger partial charge in [-0.2, -0.15) is 0 Å². The van der Waals surface area contributed by atoms with Gasteiger partial charge in [0.05, 0.1) is 0 Å². The van der Waals surface area contributed by atoms with Crippen LogP contribution in [0.5, 0.6) is 0 Å². The molecule has 0 saturated carbocycles. The SMILES string of the molecule is CCC(C)(C)c1nnc(S(N)(=O)=O)n1C(C)C. The number of primary sulfonamides is 1. The first kappa shape index (κ1) is 14.1. The first-order valence-electron chi connectivity index (χ1n) is 5.59. The number of hydrogen-bond donors (Lipinski definition) is 1. The number of aromatic nitrogens is 3. The highest BCUT2D eigenvalue weighted by molar-refractivity contribution is 7.89. The van der Waals surface area contributed by atoms with E-state index in [4.69, 9.17) is 5.14 Å². The van der Waals surface area contributed by atoms with Gasteiger partial charge in [-0.15, -0.1) is 10.2 Å². The molecule has 7 heteroatoms. The zero-order valence-corrected chi connectivity index (χ0v) is 11.7. The molecule has 1 aromatic heterocycles. The molecule has 1 heterocycles. The predicted octanol–water partition coefficient (Wildman–Crippen LogP) is 1.19. The van der Waals surface area contributed by atoms with Crippen molar-refractivity contribution in [2.45, 2.75) is 57.7 Å². The molecule has 0 aliphatic rings. The minimum Gasteiger partial charge on any atom is -0.298 e. The summed E-state index contributed by atoms with van der Waals surface area (Å²) in [6.45, 7) is 9.79. The molecule has 0 aliphatic carbocycles. The van der Waals surface area contributed by atoms with Gasteiger partial charge >= 0.3 is 0 Å². The van der Waals surface area contributed by atoms with Gasteiger partial charge < -0.3 is 0 Å². The first-order valence-corrected chi connectivity index (χ1v) is 7.14. The third-order valence-electron chi connectivity index (χ3n) is 2.92. The van der Waals surface area contributed by atoms with E-state index in [1.807, 2.05) is 34.6 Å². The monoisotopic (exact) mass is 260 g/mol. The van der Waals surface area contributed by atoms with Gasteiger partial charge in [-0.25, -0.2) is 13.6 Å². The second kappa shape index (κ2) is 4.38. The number of hydrogen-bond acceptors (Lipinski definition) is 4. The summed E-state index contributed by atoms with van der Waals surface area (Å²) in [6.07, 6.45) is 0.836. The molecular weight excluding hydrogens is 240 g/mol. The van der Waals surface area contributed by atoms with Gasteiger partial charge in [-0.3, -0.25) is 4.57 Å². The lowest BCUT2D eigenvalue weighted by atomic mass is 9.89. The minimum absolute atomic E-state index is 0.0563. The summed E-state index contributed by atoms with van der Waals surface area (Å²) in [6, 6.07) is -0.0563. The summed E-state index contributed by atoms with van der Waals surface area (Å²) >= 11 is 0. The fraction of sp³-hybridized carbons (Fsp3) is 0.800. The lowest BCUT2D eigenvalue weighted by molar-refractivity contribution is 0.410. The zero-order chi connectivity index (χ0) is 13.4. The molecular formula is C10H20N4O2S. The topological polar surface area (TPSA) is 90.9 Å². The predicted molar refractivity (Wildman–Crippen MR) is 65.1 cm³/mol. The molecule has 17 heavy (non-hydrogen) atoms. The van der Waals surface area contributed by atoms with Gasteiger partial charge in [0.25, 0.3) is 15.2 Å². The Hall–Kier alpha value is -0.950. The van der Waals surface area contributed by atoms with E-state index in [9.17, 15) is 8.42 Å². The van der Waals surface area contributed by atoms with E-state index in [2.05, 4.69) is 10.2 Å². The molecule has 0 bridgehead atoms. The van der Waals surface area contributed by atoms with Crippen LogP contribution in [0.2, 0.25) is 0 Å². The van der Waals surface area contributed by atoms with Crippen LogP contribution < -0.4 is 5.14 Å². The second-order valence-electron chi connectivity index (χ2n) is 5.05. The molecule has 0 spiro atoms. The van der Waals surface area contributed by atoms with Gasteiger partial charge in [-0.05, 0) is 20.3 Å². The fourth-order valence-electron chi connectivity index (χ4n) is 1.56. The zero-order valence-electron chi connectivity index (χ0n) is 10.9. The van der Waals surface area contributed by atoms with Crippen molar-refractivity contribution in [3.8, 4) is 0 Å².